The lowest BCUT2D eigenvalue weighted by Gasteiger charge is -2.10. The second-order valence-corrected chi connectivity index (χ2v) is 7.51. The fourth-order valence-corrected chi connectivity index (χ4v) is 3.49. The summed E-state index contributed by atoms with van der Waals surface area (Å²) in [5.41, 5.74) is 0.934. The topological polar surface area (TPSA) is 84.5 Å². The lowest BCUT2D eigenvalue weighted by Crippen LogP contribution is -2.14. The van der Waals surface area contributed by atoms with Gasteiger partial charge in [0.05, 0.1) is 12.0 Å². The van der Waals surface area contributed by atoms with Gasteiger partial charge in [-0.2, -0.15) is 0 Å². The van der Waals surface area contributed by atoms with E-state index in [1.54, 1.807) is 18.2 Å². The van der Waals surface area contributed by atoms with Crippen LogP contribution in [-0.4, -0.2) is 21.4 Å². The van der Waals surface area contributed by atoms with Gasteiger partial charge >= 0.3 is 0 Å². The van der Waals surface area contributed by atoms with Crippen LogP contribution in [0.5, 0.6) is 5.75 Å². The van der Waals surface area contributed by atoms with E-state index < -0.39 is 21.7 Å². The number of nitrogens with one attached hydrogen (secondary N) is 2. The zero-order chi connectivity index (χ0) is 20.1. The van der Waals surface area contributed by atoms with Crippen molar-refractivity contribution in [3.63, 3.8) is 0 Å². The molecule has 1 amide bonds. The molecule has 0 unspecified atom stereocenters. The van der Waals surface area contributed by atoms with E-state index >= 15 is 0 Å². The summed E-state index contributed by atoms with van der Waals surface area (Å²) >= 11 is 0. The van der Waals surface area contributed by atoms with Crippen LogP contribution in [0, 0.1) is 5.82 Å². The summed E-state index contributed by atoms with van der Waals surface area (Å²) < 4.78 is 45.5. The number of rotatable bonds is 6. The number of carbonyl (C=O) groups excluding carboxylic acids is 1. The number of hydrogen-bond acceptors (Lipinski definition) is 4. The lowest BCUT2D eigenvalue weighted by molar-refractivity contribution is 0.102. The summed E-state index contributed by atoms with van der Waals surface area (Å²) in [5.74, 6) is -0.344. The number of methoxy groups -OCH3 is 1. The second-order valence-electron chi connectivity index (χ2n) is 5.82. The third-order valence-electron chi connectivity index (χ3n) is 3.85. The Balaban J connectivity index is 1.70. The molecule has 3 aromatic carbocycles. The molecule has 0 saturated carbocycles. The Labute approximate surface area is 162 Å². The Kier molecular flexibility index (Phi) is 5.60. The minimum absolute atomic E-state index is 0.0845. The van der Waals surface area contributed by atoms with Crippen molar-refractivity contribution in [2.45, 2.75) is 4.90 Å². The molecule has 0 aliphatic rings. The van der Waals surface area contributed by atoms with Gasteiger partial charge in [-0.05, 0) is 66.7 Å². The SMILES string of the molecule is COc1ccc(S(=O)(=O)Nc2ccc(C(=O)Nc3cccc(F)c3)cc2)cc1. The second kappa shape index (κ2) is 8.10. The van der Waals surface area contributed by atoms with Crippen LogP contribution in [0.2, 0.25) is 0 Å². The molecule has 0 heterocycles. The molecule has 0 spiro atoms. The zero-order valence-corrected chi connectivity index (χ0v) is 15.7. The van der Waals surface area contributed by atoms with Gasteiger partial charge in [0.2, 0.25) is 0 Å². The van der Waals surface area contributed by atoms with Crippen molar-refractivity contribution in [1.29, 1.82) is 0 Å². The molecule has 6 nitrogen and oxygen atoms in total. The molecule has 0 saturated heterocycles. The molecule has 2 N–H and O–H groups in total. The van der Waals surface area contributed by atoms with Crippen molar-refractivity contribution >= 4 is 27.3 Å². The summed E-state index contributed by atoms with van der Waals surface area (Å²) in [6.07, 6.45) is 0. The van der Waals surface area contributed by atoms with E-state index in [2.05, 4.69) is 10.0 Å². The summed E-state index contributed by atoms with van der Waals surface area (Å²) in [4.78, 5) is 12.3. The highest BCUT2D eigenvalue weighted by atomic mass is 32.2. The van der Waals surface area contributed by atoms with E-state index in [4.69, 9.17) is 4.74 Å². The maximum absolute atomic E-state index is 13.2. The lowest BCUT2D eigenvalue weighted by atomic mass is 10.2. The highest BCUT2D eigenvalue weighted by Crippen LogP contribution is 2.20. The van der Waals surface area contributed by atoms with Gasteiger partial charge in [0, 0.05) is 16.9 Å². The first-order valence-electron chi connectivity index (χ1n) is 8.21. The fourth-order valence-electron chi connectivity index (χ4n) is 2.43. The van der Waals surface area contributed by atoms with E-state index in [0.717, 1.165) is 0 Å². The van der Waals surface area contributed by atoms with Crippen molar-refractivity contribution in [3.8, 4) is 5.75 Å². The van der Waals surface area contributed by atoms with Crippen LogP contribution in [-0.2, 0) is 10.0 Å². The number of sulfonamides is 1. The number of amides is 1. The number of anilines is 2. The Morgan fingerprint density at radius 3 is 2.21 bits per heavy atom. The van der Waals surface area contributed by atoms with Gasteiger partial charge in [-0.15, -0.1) is 0 Å². The molecule has 0 fully saturated rings. The van der Waals surface area contributed by atoms with E-state index in [0.29, 0.717) is 22.7 Å². The van der Waals surface area contributed by atoms with Crippen LogP contribution in [0.25, 0.3) is 0 Å². The number of hydrogen-bond donors (Lipinski definition) is 2. The standard InChI is InChI=1S/C20H17FN2O4S/c1-27-18-9-11-19(12-10-18)28(25,26)23-16-7-5-14(6-8-16)20(24)22-17-4-2-3-15(21)13-17/h2-13,23H,1H3,(H,22,24). The van der Waals surface area contributed by atoms with E-state index in [1.165, 1.54) is 61.7 Å². The van der Waals surface area contributed by atoms with Crippen molar-refractivity contribution in [3.05, 3.63) is 84.2 Å². The van der Waals surface area contributed by atoms with Crippen molar-refractivity contribution in [2.75, 3.05) is 17.1 Å². The van der Waals surface area contributed by atoms with Crippen LogP contribution >= 0.6 is 0 Å². The van der Waals surface area contributed by atoms with Crippen molar-refractivity contribution in [2.24, 2.45) is 0 Å². The van der Waals surface area contributed by atoms with E-state index in [-0.39, 0.29) is 4.90 Å². The maximum Gasteiger partial charge on any atom is 0.261 e. The Bertz CT molecular complexity index is 1080. The van der Waals surface area contributed by atoms with Gasteiger partial charge in [0.1, 0.15) is 11.6 Å². The van der Waals surface area contributed by atoms with E-state index in [9.17, 15) is 17.6 Å². The molecule has 0 radical (unpaired) electrons. The van der Waals surface area contributed by atoms with Gasteiger partial charge in [0.25, 0.3) is 15.9 Å². The monoisotopic (exact) mass is 400 g/mol. The minimum atomic E-state index is -3.77. The predicted octanol–water partition coefficient (Wildman–Crippen LogP) is 3.89. The molecule has 144 valence electrons. The summed E-state index contributed by atoms with van der Waals surface area (Å²) in [5, 5.41) is 2.57. The van der Waals surface area contributed by atoms with Crippen molar-refractivity contribution < 1.29 is 22.3 Å². The minimum Gasteiger partial charge on any atom is -0.497 e. The smallest absolute Gasteiger partial charge is 0.261 e. The first-order chi connectivity index (χ1) is 13.4. The molecule has 0 aliphatic heterocycles. The van der Waals surface area contributed by atoms with Crippen LogP contribution in [0.3, 0.4) is 0 Å². The first-order valence-corrected chi connectivity index (χ1v) is 9.69. The van der Waals surface area contributed by atoms with E-state index in [1.807, 2.05) is 0 Å². The quantitative estimate of drug-likeness (QED) is 0.658. The predicted molar refractivity (Wildman–Crippen MR) is 105 cm³/mol. The van der Waals surface area contributed by atoms with Crippen molar-refractivity contribution in [1.82, 2.24) is 0 Å². The normalized spacial score (nSPS) is 10.9. The van der Waals surface area contributed by atoms with Gasteiger partial charge in [-0.1, -0.05) is 6.07 Å². The molecule has 0 bridgehead atoms. The number of carbonyl (C=O) groups is 1. The molecule has 3 aromatic rings. The van der Waals surface area contributed by atoms with Crippen LogP contribution in [0.15, 0.2) is 77.7 Å². The molecule has 0 atom stereocenters. The highest BCUT2D eigenvalue weighted by Gasteiger charge is 2.15. The van der Waals surface area contributed by atoms with Gasteiger partial charge < -0.3 is 10.1 Å². The summed E-state index contributed by atoms with van der Waals surface area (Å²) in [6, 6.07) is 17.4. The average molecular weight is 400 g/mol. The molecular weight excluding hydrogens is 383 g/mol. The Morgan fingerprint density at radius 2 is 1.61 bits per heavy atom. The van der Waals surface area contributed by atoms with Gasteiger partial charge in [-0.3, -0.25) is 9.52 Å². The third-order valence-corrected chi connectivity index (χ3v) is 5.25. The molecule has 0 aliphatic carbocycles. The average Bonchev–Trinajstić information content (AvgIpc) is 2.68. The van der Waals surface area contributed by atoms with Gasteiger partial charge in [-0.25, -0.2) is 12.8 Å². The fraction of sp³-hybridized carbons (Fsp3) is 0.0500. The largest absolute Gasteiger partial charge is 0.497 e. The molecule has 28 heavy (non-hydrogen) atoms. The molecular formula is C20H17FN2O4S. The first kappa shape index (κ1) is 19.4. The van der Waals surface area contributed by atoms with Gasteiger partial charge in [0.15, 0.2) is 0 Å². The number of ether oxygens (including phenoxy) is 1. The Hall–Kier alpha value is -3.39. The summed E-state index contributed by atoms with van der Waals surface area (Å²) in [7, 11) is -2.28. The van der Waals surface area contributed by atoms with Crippen LogP contribution < -0.4 is 14.8 Å². The zero-order valence-electron chi connectivity index (χ0n) is 14.8. The highest BCUT2D eigenvalue weighted by molar-refractivity contribution is 7.92. The van der Waals surface area contributed by atoms with Crippen LogP contribution in [0.4, 0.5) is 15.8 Å². The molecule has 8 heteroatoms. The third kappa shape index (κ3) is 4.66. The maximum atomic E-state index is 13.2. The van der Waals surface area contributed by atoms with Crippen LogP contribution in [0.1, 0.15) is 10.4 Å². The number of benzene rings is 3. The molecule has 0 aromatic heterocycles. The molecule has 3 rings (SSSR count). The number of halogens is 1. The Morgan fingerprint density at radius 1 is 0.929 bits per heavy atom. The summed E-state index contributed by atoms with van der Waals surface area (Å²) in [6.45, 7) is 0.